The normalized spacial score (nSPS) is 13.4. The number of carbonyl (C=O) groups excluding carboxylic acids is 1. The Balaban J connectivity index is 1.21. The molecule has 210 valence electrons. The number of rotatable bonds is 8. The number of aryl methyl sites for hydroxylation is 1. The first-order valence-corrected chi connectivity index (χ1v) is 13.4. The fourth-order valence-electron chi connectivity index (χ4n) is 4.71. The lowest BCUT2D eigenvalue weighted by molar-refractivity contribution is 0.0941. The molecule has 0 bridgehead atoms. The van der Waals surface area contributed by atoms with E-state index in [1.54, 1.807) is 33.6 Å². The van der Waals surface area contributed by atoms with E-state index in [0.717, 1.165) is 28.0 Å². The summed E-state index contributed by atoms with van der Waals surface area (Å²) >= 11 is 0. The van der Waals surface area contributed by atoms with E-state index in [1.807, 2.05) is 67.8 Å². The van der Waals surface area contributed by atoms with Crippen LogP contribution in [0.1, 0.15) is 11.1 Å². The molecule has 1 saturated heterocycles. The largest absolute Gasteiger partial charge is 0.497 e. The van der Waals surface area contributed by atoms with Crippen LogP contribution in [-0.2, 0) is 24.9 Å². The summed E-state index contributed by atoms with van der Waals surface area (Å²) in [5.74, 6) is 1.94. The van der Waals surface area contributed by atoms with Crippen LogP contribution in [0.3, 0.4) is 0 Å². The van der Waals surface area contributed by atoms with Crippen LogP contribution < -0.4 is 15.0 Å². The minimum Gasteiger partial charge on any atom is -0.497 e. The average molecular weight is 554 g/mol. The Hall–Kier alpha value is -5.13. The zero-order valence-electron chi connectivity index (χ0n) is 23.0. The molecule has 2 aromatic carbocycles. The van der Waals surface area contributed by atoms with E-state index in [-0.39, 0.29) is 12.7 Å². The van der Waals surface area contributed by atoms with Gasteiger partial charge in [-0.2, -0.15) is 24.7 Å². The topological polar surface area (TPSA) is 115 Å². The van der Waals surface area contributed by atoms with Gasteiger partial charge < -0.3 is 24.6 Å². The molecular formula is C29H31N9O3. The van der Waals surface area contributed by atoms with Crippen LogP contribution in [0.4, 0.5) is 16.7 Å². The molecule has 0 radical (unpaired) electrons. The van der Waals surface area contributed by atoms with Crippen molar-refractivity contribution in [1.29, 1.82) is 0 Å². The molecule has 1 aliphatic rings. The lowest BCUT2D eigenvalue weighted by atomic mass is 10.2. The fourth-order valence-corrected chi connectivity index (χ4v) is 4.71. The van der Waals surface area contributed by atoms with Gasteiger partial charge in [-0.25, -0.2) is 4.79 Å². The predicted molar refractivity (Wildman–Crippen MR) is 154 cm³/mol. The van der Waals surface area contributed by atoms with Crippen molar-refractivity contribution in [3.8, 4) is 16.9 Å². The minimum absolute atomic E-state index is 0.251. The van der Waals surface area contributed by atoms with Gasteiger partial charge in [0.2, 0.25) is 11.9 Å². The standard InChI is InChI=1S/C29H31N9O3/c1-35-19-23(17-31-35)25-18-32-38-26(25)33-28(34-27(38)30-16-21-8-10-24(40-2)11-9-21)36-12-14-37(15-13-36)29(39)41-20-22-6-4-3-5-7-22/h3-11,17-19H,12-16,20H2,1-2H3,(H,30,33,34). The highest BCUT2D eigenvalue weighted by molar-refractivity contribution is 5.77. The first kappa shape index (κ1) is 26.1. The monoisotopic (exact) mass is 553 g/mol. The smallest absolute Gasteiger partial charge is 0.410 e. The Labute approximate surface area is 237 Å². The third kappa shape index (κ3) is 5.76. The van der Waals surface area contributed by atoms with E-state index in [4.69, 9.17) is 19.4 Å². The molecule has 1 N–H and O–H groups in total. The van der Waals surface area contributed by atoms with Crippen LogP contribution in [0.25, 0.3) is 16.8 Å². The second kappa shape index (κ2) is 11.5. The van der Waals surface area contributed by atoms with Crippen LogP contribution >= 0.6 is 0 Å². The van der Waals surface area contributed by atoms with E-state index < -0.39 is 0 Å². The number of methoxy groups -OCH3 is 1. The first-order chi connectivity index (χ1) is 20.1. The van der Waals surface area contributed by atoms with Gasteiger partial charge in [-0.05, 0) is 23.3 Å². The number of anilines is 2. The molecule has 41 heavy (non-hydrogen) atoms. The van der Waals surface area contributed by atoms with E-state index in [2.05, 4.69) is 20.4 Å². The molecule has 1 aliphatic heterocycles. The number of piperazine rings is 1. The number of carbonyl (C=O) groups is 1. The molecular weight excluding hydrogens is 522 g/mol. The lowest BCUT2D eigenvalue weighted by Crippen LogP contribution is -2.49. The number of aromatic nitrogens is 6. The predicted octanol–water partition coefficient (Wildman–Crippen LogP) is 3.60. The summed E-state index contributed by atoms with van der Waals surface area (Å²) in [5, 5.41) is 12.3. The lowest BCUT2D eigenvalue weighted by Gasteiger charge is -2.34. The van der Waals surface area contributed by atoms with Gasteiger partial charge in [0.25, 0.3) is 0 Å². The van der Waals surface area contributed by atoms with Crippen LogP contribution in [0.15, 0.2) is 73.2 Å². The number of nitrogens with zero attached hydrogens (tertiary/aromatic N) is 8. The van der Waals surface area contributed by atoms with Crippen molar-refractivity contribution in [2.45, 2.75) is 13.2 Å². The van der Waals surface area contributed by atoms with E-state index in [0.29, 0.717) is 50.3 Å². The van der Waals surface area contributed by atoms with Gasteiger partial charge in [-0.1, -0.05) is 42.5 Å². The van der Waals surface area contributed by atoms with Crippen molar-refractivity contribution < 1.29 is 14.3 Å². The van der Waals surface area contributed by atoms with Gasteiger partial charge in [0.05, 0.1) is 19.5 Å². The van der Waals surface area contributed by atoms with Crippen LogP contribution in [0, 0.1) is 0 Å². The summed E-state index contributed by atoms with van der Waals surface area (Å²) in [6.07, 6.45) is 5.19. The first-order valence-electron chi connectivity index (χ1n) is 13.4. The quantitative estimate of drug-likeness (QED) is 0.308. The molecule has 12 heteroatoms. The number of hydrogen-bond donors (Lipinski definition) is 1. The van der Waals surface area contributed by atoms with Crippen molar-refractivity contribution in [3.63, 3.8) is 0 Å². The van der Waals surface area contributed by atoms with Crippen molar-refractivity contribution >= 4 is 23.6 Å². The summed E-state index contributed by atoms with van der Waals surface area (Å²) in [5.41, 5.74) is 4.48. The zero-order valence-corrected chi connectivity index (χ0v) is 23.0. The number of benzene rings is 2. The third-order valence-corrected chi connectivity index (χ3v) is 7.01. The maximum atomic E-state index is 12.7. The van der Waals surface area contributed by atoms with E-state index in [1.165, 1.54) is 0 Å². The summed E-state index contributed by atoms with van der Waals surface area (Å²) in [6.45, 7) is 2.95. The Kier molecular flexibility index (Phi) is 7.35. The number of fused-ring (bicyclic) bond motifs is 1. The Morgan fingerprint density at radius 1 is 0.927 bits per heavy atom. The SMILES string of the molecule is COc1ccc(CNc2nc(N3CCN(C(=O)OCc4ccccc4)CC3)nc3c(-c4cnn(C)c4)cnn23)cc1. The highest BCUT2D eigenvalue weighted by Crippen LogP contribution is 2.27. The molecule has 0 saturated carbocycles. The van der Waals surface area contributed by atoms with Crippen molar-refractivity contribution in [2.24, 2.45) is 7.05 Å². The van der Waals surface area contributed by atoms with Crippen molar-refractivity contribution in [1.82, 2.24) is 34.3 Å². The van der Waals surface area contributed by atoms with Crippen molar-refractivity contribution in [2.75, 3.05) is 43.5 Å². The maximum Gasteiger partial charge on any atom is 0.410 e. The van der Waals surface area contributed by atoms with Gasteiger partial charge in [0, 0.05) is 57.1 Å². The minimum atomic E-state index is -0.318. The molecule has 0 aliphatic carbocycles. The molecule has 0 spiro atoms. The fraction of sp³-hybridized carbons (Fsp3) is 0.276. The van der Waals surface area contributed by atoms with E-state index in [9.17, 15) is 4.79 Å². The summed E-state index contributed by atoms with van der Waals surface area (Å²) in [4.78, 5) is 26.3. The second-order valence-corrected chi connectivity index (χ2v) is 9.76. The molecule has 1 fully saturated rings. The zero-order chi connectivity index (χ0) is 28.2. The highest BCUT2D eigenvalue weighted by Gasteiger charge is 2.25. The molecule has 4 heterocycles. The molecule has 12 nitrogen and oxygen atoms in total. The Morgan fingerprint density at radius 2 is 1.71 bits per heavy atom. The van der Waals surface area contributed by atoms with Crippen molar-refractivity contribution in [3.05, 3.63) is 84.3 Å². The van der Waals surface area contributed by atoms with Gasteiger partial charge in [0.1, 0.15) is 12.4 Å². The number of hydrogen-bond acceptors (Lipinski definition) is 9. The second-order valence-electron chi connectivity index (χ2n) is 9.76. The molecule has 6 rings (SSSR count). The molecule has 3 aromatic heterocycles. The van der Waals surface area contributed by atoms with Crippen LogP contribution in [-0.4, -0.2) is 73.6 Å². The number of nitrogens with one attached hydrogen (secondary N) is 1. The number of amides is 1. The van der Waals surface area contributed by atoms with Gasteiger partial charge >= 0.3 is 6.09 Å². The van der Waals surface area contributed by atoms with Crippen LogP contribution in [0.5, 0.6) is 5.75 Å². The molecule has 0 unspecified atom stereocenters. The number of ether oxygens (including phenoxy) is 2. The summed E-state index contributed by atoms with van der Waals surface area (Å²) < 4.78 is 14.3. The molecule has 0 atom stereocenters. The average Bonchev–Trinajstić information content (AvgIpc) is 3.65. The van der Waals surface area contributed by atoms with E-state index >= 15 is 0 Å². The Bertz CT molecular complexity index is 1620. The Morgan fingerprint density at radius 3 is 2.41 bits per heavy atom. The summed E-state index contributed by atoms with van der Waals surface area (Å²) in [6, 6.07) is 17.5. The van der Waals surface area contributed by atoms with Gasteiger partial charge in [0.15, 0.2) is 5.65 Å². The highest BCUT2D eigenvalue weighted by atomic mass is 16.6. The molecule has 1 amide bonds. The maximum absolute atomic E-state index is 12.7. The molecule has 5 aromatic rings. The van der Waals surface area contributed by atoms with Crippen LogP contribution in [0.2, 0.25) is 0 Å². The summed E-state index contributed by atoms with van der Waals surface area (Å²) in [7, 11) is 3.53. The van der Waals surface area contributed by atoms with Gasteiger partial charge in [-0.3, -0.25) is 4.68 Å². The van der Waals surface area contributed by atoms with Gasteiger partial charge in [-0.15, -0.1) is 0 Å². The third-order valence-electron chi connectivity index (χ3n) is 7.01.